The van der Waals surface area contributed by atoms with E-state index in [0.29, 0.717) is 5.41 Å². The Bertz CT molecular complexity index is 175. The SMILES string of the molecule is CN(C)CCCCNC1CCC(C)(C)C1. The molecule has 2 heteroatoms. The van der Waals surface area contributed by atoms with E-state index in [-0.39, 0.29) is 0 Å². The fraction of sp³-hybridized carbons (Fsp3) is 1.00. The maximum Gasteiger partial charge on any atom is 0.00723 e. The number of hydrogen-bond acceptors (Lipinski definition) is 2. The summed E-state index contributed by atoms with van der Waals surface area (Å²) in [5.41, 5.74) is 0.585. The third-order valence-corrected chi connectivity index (χ3v) is 3.43. The molecule has 1 fully saturated rings. The lowest BCUT2D eigenvalue weighted by atomic mass is 9.92. The van der Waals surface area contributed by atoms with Gasteiger partial charge in [-0.2, -0.15) is 0 Å². The summed E-state index contributed by atoms with van der Waals surface area (Å²) < 4.78 is 0. The van der Waals surface area contributed by atoms with Crippen molar-refractivity contribution in [1.82, 2.24) is 10.2 Å². The Labute approximate surface area is 95.4 Å². The Morgan fingerprint density at radius 1 is 1.27 bits per heavy atom. The lowest BCUT2D eigenvalue weighted by Crippen LogP contribution is -2.28. The van der Waals surface area contributed by atoms with E-state index >= 15 is 0 Å². The number of nitrogens with zero attached hydrogens (tertiary/aromatic N) is 1. The zero-order chi connectivity index (χ0) is 11.3. The molecule has 0 saturated heterocycles. The van der Waals surface area contributed by atoms with Crippen molar-refractivity contribution < 1.29 is 0 Å². The van der Waals surface area contributed by atoms with Crippen LogP contribution in [0, 0.1) is 5.41 Å². The molecule has 2 nitrogen and oxygen atoms in total. The molecule has 0 bridgehead atoms. The molecule has 0 aromatic carbocycles. The molecule has 1 N–H and O–H groups in total. The second-order valence-corrected chi connectivity index (χ2v) is 6.07. The molecule has 0 heterocycles. The van der Waals surface area contributed by atoms with Gasteiger partial charge >= 0.3 is 0 Å². The summed E-state index contributed by atoms with van der Waals surface area (Å²) in [6.07, 6.45) is 6.76. The summed E-state index contributed by atoms with van der Waals surface area (Å²) in [5, 5.41) is 3.69. The first-order valence-corrected chi connectivity index (χ1v) is 6.38. The van der Waals surface area contributed by atoms with Crippen molar-refractivity contribution in [1.29, 1.82) is 0 Å². The third-order valence-electron chi connectivity index (χ3n) is 3.43. The Kier molecular flexibility index (Phi) is 5.07. The van der Waals surface area contributed by atoms with Gasteiger partial charge in [0, 0.05) is 6.04 Å². The van der Waals surface area contributed by atoms with Gasteiger partial charge in [-0.1, -0.05) is 13.8 Å². The van der Waals surface area contributed by atoms with Crippen LogP contribution in [0.1, 0.15) is 46.0 Å². The fourth-order valence-electron chi connectivity index (χ4n) is 2.47. The molecule has 1 unspecified atom stereocenters. The molecule has 90 valence electrons. The zero-order valence-electron chi connectivity index (χ0n) is 11.0. The second-order valence-electron chi connectivity index (χ2n) is 6.07. The highest BCUT2D eigenvalue weighted by atomic mass is 15.0. The van der Waals surface area contributed by atoms with E-state index in [1.165, 1.54) is 45.2 Å². The predicted octanol–water partition coefficient (Wildman–Crippen LogP) is 2.50. The second kappa shape index (κ2) is 5.86. The highest BCUT2D eigenvalue weighted by molar-refractivity contribution is 4.86. The van der Waals surface area contributed by atoms with Crippen LogP contribution in [0.4, 0.5) is 0 Å². The molecule has 0 aromatic rings. The van der Waals surface area contributed by atoms with Crippen LogP contribution in [0.15, 0.2) is 0 Å². The van der Waals surface area contributed by atoms with Crippen LogP contribution in [0.3, 0.4) is 0 Å². The molecule has 1 atom stereocenters. The van der Waals surface area contributed by atoms with E-state index in [0.717, 1.165) is 6.04 Å². The molecule has 1 saturated carbocycles. The average molecular weight is 212 g/mol. The minimum absolute atomic E-state index is 0.585. The molecule has 0 amide bonds. The maximum absolute atomic E-state index is 3.69. The molecule has 1 rings (SSSR count). The van der Waals surface area contributed by atoms with Crippen molar-refractivity contribution in [2.45, 2.75) is 52.0 Å². The number of unbranched alkanes of at least 4 members (excludes halogenated alkanes) is 1. The first-order valence-electron chi connectivity index (χ1n) is 6.38. The highest BCUT2D eigenvalue weighted by Gasteiger charge is 2.30. The molecule has 0 spiro atoms. The summed E-state index contributed by atoms with van der Waals surface area (Å²) in [6.45, 7) is 7.20. The first-order chi connectivity index (χ1) is 6.99. The van der Waals surface area contributed by atoms with Gasteiger partial charge in [0.1, 0.15) is 0 Å². The zero-order valence-corrected chi connectivity index (χ0v) is 11.0. The normalized spacial score (nSPS) is 25.0. The maximum atomic E-state index is 3.69. The molecule has 15 heavy (non-hydrogen) atoms. The van der Waals surface area contributed by atoms with Crippen molar-refractivity contribution in [3.05, 3.63) is 0 Å². The van der Waals surface area contributed by atoms with Crippen LogP contribution >= 0.6 is 0 Å². The van der Waals surface area contributed by atoms with Gasteiger partial charge in [0.25, 0.3) is 0 Å². The Balaban J connectivity index is 1.97. The number of hydrogen-bond donors (Lipinski definition) is 1. The van der Waals surface area contributed by atoms with E-state index in [9.17, 15) is 0 Å². The Morgan fingerprint density at radius 2 is 2.00 bits per heavy atom. The molecular formula is C13H28N2. The topological polar surface area (TPSA) is 15.3 Å². The van der Waals surface area contributed by atoms with Gasteiger partial charge in [0.15, 0.2) is 0 Å². The molecule has 0 aromatic heterocycles. The average Bonchev–Trinajstić information content (AvgIpc) is 2.44. The summed E-state index contributed by atoms with van der Waals surface area (Å²) >= 11 is 0. The van der Waals surface area contributed by atoms with Crippen LogP contribution in [0.25, 0.3) is 0 Å². The minimum atomic E-state index is 0.585. The largest absolute Gasteiger partial charge is 0.314 e. The van der Waals surface area contributed by atoms with Crippen molar-refractivity contribution in [3.63, 3.8) is 0 Å². The predicted molar refractivity (Wildman–Crippen MR) is 67.2 cm³/mol. The van der Waals surface area contributed by atoms with Gasteiger partial charge < -0.3 is 10.2 Å². The lowest BCUT2D eigenvalue weighted by molar-refractivity contribution is 0.359. The van der Waals surface area contributed by atoms with Gasteiger partial charge in [0.2, 0.25) is 0 Å². The van der Waals surface area contributed by atoms with Gasteiger partial charge in [-0.25, -0.2) is 0 Å². The number of nitrogens with one attached hydrogen (secondary N) is 1. The van der Waals surface area contributed by atoms with E-state index < -0.39 is 0 Å². The van der Waals surface area contributed by atoms with Crippen molar-refractivity contribution in [2.75, 3.05) is 27.2 Å². The van der Waals surface area contributed by atoms with E-state index in [4.69, 9.17) is 0 Å². The Hall–Kier alpha value is -0.0800. The van der Waals surface area contributed by atoms with Crippen molar-refractivity contribution >= 4 is 0 Å². The Morgan fingerprint density at radius 3 is 2.53 bits per heavy atom. The quantitative estimate of drug-likeness (QED) is 0.681. The fourth-order valence-corrected chi connectivity index (χ4v) is 2.47. The summed E-state index contributed by atoms with van der Waals surface area (Å²) in [7, 11) is 4.29. The van der Waals surface area contributed by atoms with Gasteiger partial charge in [-0.3, -0.25) is 0 Å². The van der Waals surface area contributed by atoms with Crippen LogP contribution in [-0.4, -0.2) is 38.1 Å². The molecule has 0 radical (unpaired) electrons. The summed E-state index contributed by atoms with van der Waals surface area (Å²) in [4.78, 5) is 2.26. The van der Waals surface area contributed by atoms with E-state index in [2.05, 4.69) is 38.2 Å². The van der Waals surface area contributed by atoms with Gasteiger partial charge in [-0.15, -0.1) is 0 Å². The summed E-state index contributed by atoms with van der Waals surface area (Å²) in [6, 6.07) is 0.791. The van der Waals surface area contributed by atoms with E-state index in [1.54, 1.807) is 0 Å². The number of rotatable bonds is 6. The monoisotopic (exact) mass is 212 g/mol. The first kappa shape index (κ1) is 13.0. The molecule has 0 aliphatic heterocycles. The van der Waals surface area contributed by atoms with Gasteiger partial charge in [-0.05, 0) is 64.7 Å². The van der Waals surface area contributed by atoms with Gasteiger partial charge in [0.05, 0.1) is 0 Å². The van der Waals surface area contributed by atoms with Crippen LogP contribution in [0.2, 0.25) is 0 Å². The van der Waals surface area contributed by atoms with Crippen LogP contribution in [0.5, 0.6) is 0 Å². The van der Waals surface area contributed by atoms with Crippen LogP contribution < -0.4 is 5.32 Å². The van der Waals surface area contributed by atoms with Crippen molar-refractivity contribution in [2.24, 2.45) is 5.41 Å². The lowest BCUT2D eigenvalue weighted by Gasteiger charge is -2.18. The third kappa shape index (κ3) is 5.53. The van der Waals surface area contributed by atoms with Crippen LogP contribution in [-0.2, 0) is 0 Å². The molecule has 1 aliphatic rings. The minimum Gasteiger partial charge on any atom is -0.314 e. The smallest absolute Gasteiger partial charge is 0.00723 e. The van der Waals surface area contributed by atoms with Crippen molar-refractivity contribution in [3.8, 4) is 0 Å². The standard InChI is InChI=1S/C13H28N2/c1-13(2)8-7-12(11-13)14-9-5-6-10-15(3)4/h12,14H,5-11H2,1-4H3. The molecule has 1 aliphatic carbocycles. The van der Waals surface area contributed by atoms with E-state index in [1.807, 2.05) is 0 Å². The molecular weight excluding hydrogens is 184 g/mol. The summed E-state index contributed by atoms with van der Waals surface area (Å²) in [5.74, 6) is 0. The highest BCUT2D eigenvalue weighted by Crippen LogP contribution is 2.36.